The van der Waals surface area contributed by atoms with Crippen molar-refractivity contribution in [3.05, 3.63) is 28.7 Å². The molecule has 1 N–H and O–H groups in total. The summed E-state index contributed by atoms with van der Waals surface area (Å²) in [5.41, 5.74) is 0.615. The number of carbonyl (C=O) groups excluding carboxylic acids is 2. The van der Waals surface area contributed by atoms with Crippen molar-refractivity contribution in [1.29, 1.82) is 0 Å². The first-order chi connectivity index (χ1) is 9.47. The van der Waals surface area contributed by atoms with E-state index in [1.54, 1.807) is 11.0 Å². The Bertz CT molecular complexity index is 508. The molecule has 0 aromatic heterocycles. The minimum absolute atomic E-state index is 0.443. The molecule has 0 spiro atoms. The van der Waals surface area contributed by atoms with Gasteiger partial charge in [-0.05, 0) is 46.3 Å². The maximum atomic E-state index is 12.2. The van der Waals surface area contributed by atoms with Gasteiger partial charge in [0, 0.05) is 17.6 Å². The molecule has 20 heavy (non-hydrogen) atoms. The van der Waals surface area contributed by atoms with Gasteiger partial charge in [0.2, 0.25) is 0 Å². The molecule has 2 rings (SSSR count). The fraction of sp³-hybridized carbons (Fsp3) is 0.467. The van der Waals surface area contributed by atoms with E-state index in [0.717, 1.165) is 10.9 Å². The minimum atomic E-state index is -0.571. The highest BCUT2D eigenvalue weighted by atomic mass is 79.9. The molecule has 2 unspecified atom stereocenters. The van der Waals surface area contributed by atoms with Gasteiger partial charge in [-0.25, -0.2) is 0 Å². The third kappa shape index (κ3) is 3.60. The molecule has 1 aliphatic heterocycles. The van der Waals surface area contributed by atoms with Gasteiger partial charge in [-0.2, -0.15) is 0 Å². The Balaban J connectivity index is 2.02. The number of carbonyl (C=O) groups is 2. The number of amides is 2. The SMILES string of the molecule is CC1CC(C)CN(C(=O)C(=O)Nc2ccccc2Br)C1. The van der Waals surface area contributed by atoms with Crippen molar-refractivity contribution in [2.24, 2.45) is 11.8 Å². The number of benzene rings is 1. The molecule has 4 nitrogen and oxygen atoms in total. The molecule has 2 amide bonds. The minimum Gasteiger partial charge on any atom is -0.334 e. The molecule has 0 radical (unpaired) electrons. The molecule has 1 fully saturated rings. The zero-order valence-electron chi connectivity index (χ0n) is 11.7. The lowest BCUT2D eigenvalue weighted by Gasteiger charge is -2.34. The van der Waals surface area contributed by atoms with Crippen molar-refractivity contribution in [2.75, 3.05) is 18.4 Å². The smallest absolute Gasteiger partial charge is 0.313 e. The quantitative estimate of drug-likeness (QED) is 0.800. The van der Waals surface area contributed by atoms with E-state index in [-0.39, 0.29) is 0 Å². The summed E-state index contributed by atoms with van der Waals surface area (Å²) >= 11 is 3.35. The largest absolute Gasteiger partial charge is 0.334 e. The van der Waals surface area contributed by atoms with E-state index >= 15 is 0 Å². The molecule has 1 aromatic rings. The number of likely N-dealkylation sites (tertiary alicyclic amines) is 1. The van der Waals surface area contributed by atoms with Crippen LogP contribution >= 0.6 is 15.9 Å². The fourth-order valence-electron chi connectivity index (χ4n) is 2.71. The molecule has 2 atom stereocenters. The van der Waals surface area contributed by atoms with Crippen molar-refractivity contribution >= 4 is 33.4 Å². The number of para-hydroxylation sites is 1. The first kappa shape index (κ1) is 15.0. The van der Waals surface area contributed by atoms with Gasteiger partial charge in [-0.15, -0.1) is 0 Å². The van der Waals surface area contributed by atoms with Gasteiger partial charge < -0.3 is 10.2 Å². The van der Waals surface area contributed by atoms with Gasteiger partial charge in [-0.3, -0.25) is 9.59 Å². The Morgan fingerprint density at radius 2 is 1.80 bits per heavy atom. The average molecular weight is 339 g/mol. The lowest BCUT2D eigenvalue weighted by Crippen LogP contribution is -2.47. The van der Waals surface area contributed by atoms with Gasteiger partial charge in [0.1, 0.15) is 0 Å². The molecule has 1 aliphatic rings. The lowest BCUT2D eigenvalue weighted by molar-refractivity contribution is -0.144. The Morgan fingerprint density at radius 1 is 1.20 bits per heavy atom. The summed E-state index contributed by atoms with van der Waals surface area (Å²) in [6.07, 6.45) is 1.11. The van der Waals surface area contributed by atoms with E-state index < -0.39 is 11.8 Å². The predicted molar refractivity (Wildman–Crippen MR) is 82.3 cm³/mol. The normalized spacial score (nSPS) is 22.4. The summed E-state index contributed by atoms with van der Waals surface area (Å²) in [6, 6.07) is 7.26. The molecular formula is C15H19BrN2O2. The first-order valence-electron chi connectivity index (χ1n) is 6.82. The zero-order valence-corrected chi connectivity index (χ0v) is 13.3. The highest BCUT2D eigenvalue weighted by Gasteiger charge is 2.29. The van der Waals surface area contributed by atoms with Crippen molar-refractivity contribution in [3.8, 4) is 0 Å². The van der Waals surface area contributed by atoms with Crippen LogP contribution in [0.4, 0.5) is 5.69 Å². The van der Waals surface area contributed by atoms with E-state index in [0.29, 0.717) is 30.6 Å². The number of hydrogen-bond acceptors (Lipinski definition) is 2. The second kappa shape index (κ2) is 6.39. The van der Waals surface area contributed by atoms with Crippen LogP contribution in [0, 0.1) is 11.8 Å². The molecule has 0 bridgehead atoms. The summed E-state index contributed by atoms with van der Waals surface area (Å²) in [6.45, 7) is 5.54. The molecule has 0 aliphatic carbocycles. The van der Waals surface area contributed by atoms with Crippen LogP contribution in [0.25, 0.3) is 0 Å². The second-order valence-electron chi connectivity index (χ2n) is 5.59. The lowest BCUT2D eigenvalue weighted by atomic mass is 9.92. The summed E-state index contributed by atoms with van der Waals surface area (Å²) < 4.78 is 0.765. The maximum absolute atomic E-state index is 12.2. The highest BCUT2D eigenvalue weighted by Crippen LogP contribution is 2.23. The van der Waals surface area contributed by atoms with Gasteiger partial charge in [0.15, 0.2) is 0 Å². The summed E-state index contributed by atoms with van der Waals surface area (Å²) in [4.78, 5) is 25.9. The van der Waals surface area contributed by atoms with Crippen LogP contribution in [-0.2, 0) is 9.59 Å². The number of anilines is 1. The van der Waals surface area contributed by atoms with E-state index in [1.807, 2.05) is 18.2 Å². The van der Waals surface area contributed by atoms with Gasteiger partial charge >= 0.3 is 11.8 Å². The predicted octanol–water partition coefficient (Wildman–Crippen LogP) is 2.89. The van der Waals surface area contributed by atoms with Crippen LogP contribution in [0.5, 0.6) is 0 Å². The van der Waals surface area contributed by atoms with Crippen LogP contribution in [0.15, 0.2) is 28.7 Å². The van der Waals surface area contributed by atoms with E-state index in [4.69, 9.17) is 0 Å². The average Bonchev–Trinajstić information content (AvgIpc) is 2.39. The van der Waals surface area contributed by atoms with Crippen LogP contribution in [0.2, 0.25) is 0 Å². The van der Waals surface area contributed by atoms with Crippen molar-refractivity contribution in [2.45, 2.75) is 20.3 Å². The Hall–Kier alpha value is -1.36. The molecule has 0 saturated carbocycles. The van der Waals surface area contributed by atoms with Crippen LogP contribution in [-0.4, -0.2) is 29.8 Å². The Labute approximate surface area is 127 Å². The third-order valence-electron chi connectivity index (χ3n) is 3.47. The highest BCUT2D eigenvalue weighted by molar-refractivity contribution is 9.10. The molecular weight excluding hydrogens is 320 g/mol. The summed E-state index contributed by atoms with van der Waals surface area (Å²) in [5.74, 6) is -0.129. The molecule has 1 saturated heterocycles. The number of rotatable bonds is 1. The fourth-order valence-corrected chi connectivity index (χ4v) is 3.09. The standard InChI is InChI=1S/C15H19BrN2O2/c1-10-7-11(2)9-18(8-10)15(20)14(19)17-13-6-4-3-5-12(13)16/h3-6,10-11H,7-9H2,1-2H3,(H,17,19). The topological polar surface area (TPSA) is 49.4 Å². The number of nitrogens with one attached hydrogen (secondary N) is 1. The van der Waals surface area contributed by atoms with E-state index in [2.05, 4.69) is 35.1 Å². The van der Waals surface area contributed by atoms with Crippen molar-refractivity contribution < 1.29 is 9.59 Å². The maximum Gasteiger partial charge on any atom is 0.313 e. The number of halogens is 1. The summed E-state index contributed by atoms with van der Waals surface area (Å²) in [7, 11) is 0. The Morgan fingerprint density at radius 3 is 2.40 bits per heavy atom. The van der Waals surface area contributed by atoms with Crippen LogP contribution < -0.4 is 5.32 Å². The van der Waals surface area contributed by atoms with Crippen molar-refractivity contribution in [3.63, 3.8) is 0 Å². The van der Waals surface area contributed by atoms with Crippen LogP contribution in [0.3, 0.4) is 0 Å². The first-order valence-corrected chi connectivity index (χ1v) is 7.61. The van der Waals surface area contributed by atoms with Crippen LogP contribution in [0.1, 0.15) is 20.3 Å². The van der Waals surface area contributed by atoms with Crippen molar-refractivity contribution in [1.82, 2.24) is 4.90 Å². The summed E-state index contributed by atoms with van der Waals surface area (Å²) in [5, 5.41) is 2.66. The number of hydrogen-bond donors (Lipinski definition) is 1. The Kier molecular flexibility index (Phi) is 4.81. The molecule has 108 valence electrons. The van der Waals surface area contributed by atoms with E-state index in [9.17, 15) is 9.59 Å². The molecule has 5 heteroatoms. The van der Waals surface area contributed by atoms with Gasteiger partial charge in [0.05, 0.1) is 5.69 Å². The second-order valence-corrected chi connectivity index (χ2v) is 6.44. The molecule has 1 heterocycles. The zero-order chi connectivity index (χ0) is 14.7. The number of nitrogens with zero attached hydrogens (tertiary/aromatic N) is 1. The monoisotopic (exact) mass is 338 g/mol. The third-order valence-corrected chi connectivity index (χ3v) is 4.16. The van der Waals surface area contributed by atoms with Gasteiger partial charge in [0.25, 0.3) is 0 Å². The number of piperidine rings is 1. The van der Waals surface area contributed by atoms with Gasteiger partial charge in [-0.1, -0.05) is 26.0 Å². The molecule has 1 aromatic carbocycles. The van der Waals surface area contributed by atoms with E-state index in [1.165, 1.54) is 0 Å².